The van der Waals surface area contributed by atoms with Crippen molar-refractivity contribution in [1.29, 1.82) is 5.26 Å². The Balaban J connectivity index is 1.71. The fourth-order valence-corrected chi connectivity index (χ4v) is 3.49. The molecule has 0 aliphatic rings. The van der Waals surface area contributed by atoms with Gasteiger partial charge < -0.3 is 5.32 Å². The van der Waals surface area contributed by atoms with E-state index < -0.39 is 0 Å². The highest BCUT2D eigenvalue weighted by Crippen LogP contribution is 2.26. The first-order valence-electron chi connectivity index (χ1n) is 9.18. The number of aromatic nitrogens is 1. The highest BCUT2D eigenvalue weighted by atomic mass is 32.1. The third-order valence-electron chi connectivity index (χ3n) is 4.36. The van der Waals surface area contributed by atoms with Gasteiger partial charge in [-0.1, -0.05) is 55.3 Å². The molecule has 27 heavy (non-hydrogen) atoms. The van der Waals surface area contributed by atoms with Gasteiger partial charge in [-0.15, -0.1) is 11.3 Å². The van der Waals surface area contributed by atoms with E-state index in [4.69, 9.17) is 0 Å². The molecule has 3 aromatic rings. The molecule has 4 heteroatoms. The number of thiazole rings is 1. The molecule has 0 spiro atoms. The normalized spacial score (nSPS) is 11.2. The zero-order chi connectivity index (χ0) is 19.1. The van der Waals surface area contributed by atoms with E-state index in [-0.39, 0.29) is 0 Å². The molecule has 1 N–H and O–H groups in total. The molecule has 0 radical (unpaired) electrons. The topological polar surface area (TPSA) is 48.7 Å². The second-order valence-corrected chi connectivity index (χ2v) is 7.38. The van der Waals surface area contributed by atoms with Crippen molar-refractivity contribution in [3.05, 3.63) is 76.2 Å². The molecule has 0 unspecified atom stereocenters. The van der Waals surface area contributed by atoms with E-state index in [0.717, 1.165) is 28.4 Å². The average molecular weight is 374 g/mol. The van der Waals surface area contributed by atoms with Crippen molar-refractivity contribution in [2.75, 3.05) is 5.32 Å². The molecule has 1 heterocycles. The second-order valence-electron chi connectivity index (χ2n) is 6.52. The van der Waals surface area contributed by atoms with Gasteiger partial charge in [-0.25, -0.2) is 4.98 Å². The van der Waals surface area contributed by atoms with E-state index in [9.17, 15) is 5.26 Å². The van der Waals surface area contributed by atoms with Crippen LogP contribution in [-0.4, -0.2) is 4.98 Å². The van der Waals surface area contributed by atoms with E-state index in [1.165, 1.54) is 35.3 Å². The van der Waals surface area contributed by atoms with Gasteiger partial charge in [0.2, 0.25) is 0 Å². The van der Waals surface area contributed by atoms with Crippen LogP contribution in [0.25, 0.3) is 16.8 Å². The summed E-state index contributed by atoms with van der Waals surface area (Å²) in [4.78, 5) is 4.63. The van der Waals surface area contributed by atoms with Crippen LogP contribution in [0.4, 0.5) is 5.69 Å². The zero-order valence-corrected chi connectivity index (χ0v) is 16.5. The molecule has 2 aromatic carbocycles. The Labute approximate surface area is 165 Å². The van der Waals surface area contributed by atoms with Crippen LogP contribution in [0, 0.1) is 18.3 Å². The predicted molar refractivity (Wildman–Crippen MR) is 115 cm³/mol. The van der Waals surface area contributed by atoms with E-state index in [1.54, 1.807) is 6.20 Å². The van der Waals surface area contributed by atoms with Crippen LogP contribution in [0.2, 0.25) is 0 Å². The largest absolute Gasteiger partial charge is 0.360 e. The smallest absolute Gasteiger partial charge is 0.136 e. The van der Waals surface area contributed by atoms with E-state index in [1.807, 2.05) is 5.38 Å². The number of nitrogens with zero attached hydrogens (tertiary/aromatic N) is 2. The molecule has 136 valence electrons. The average Bonchev–Trinajstić information content (AvgIpc) is 3.18. The van der Waals surface area contributed by atoms with E-state index in [2.05, 4.69) is 78.7 Å². The Morgan fingerprint density at radius 3 is 2.56 bits per heavy atom. The number of anilines is 1. The summed E-state index contributed by atoms with van der Waals surface area (Å²) in [5, 5.41) is 15.5. The monoisotopic (exact) mass is 373 g/mol. The summed E-state index contributed by atoms with van der Waals surface area (Å²) < 4.78 is 0. The van der Waals surface area contributed by atoms with Crippen LogP contribution in [0.1, 0.15) is 35.9 Å². The number of benzene rings is 2. The quantitative estimate of drug-likeness (QED) is 0.485. The van der Waals surface area contributed by atoms with Gasteiger partial charge in [0.05, 0.1) is 5.69 Å². The summed E-state index contributed by atoms with van der Waals surface area (Å²) in [6, 6.07) is 18.9. The first-order chi connectivity index (χ1) is 13.2. The summed E-state index contributed by atoms with van der Waals surface area (Å²) in [6.07, 6.45) is 5.25. The van der Waals surface area contributed by atoms with Gasteiger partial charge in [0.15, 0.2) is 0 Å². The van der Waals surface area contributed by atoms with E-state index in [0.29, 0.717) is 5.57 Å². The van der Waals surface area contributed by atoms with Gasteiger partial charge in [0.1, 0.15) is 16.6 Å². The number of hydrogen-bond acceptors (Lipinski definition) is 4. The Bertz CT molecular complexity index is 945. The third-order valence-corrected chi connectivity index (χ3v) is 5.23. The van der Waals surface area contributed by atoms with Gasteiger partial charge in [-0.2, -0.15) is 5.26 Å². The van der Waals surface area contributed by atoms with Crippen molar-refractivity contribution in [1.82, 2.24) is 4.98 Å². The molecule has 1 aromatic heterocycles. The highest BCUT2D eigenvalue weighted by Gasteiger charge is 2.09. The van der Waals surface area contributed by atoms with Crippen molar-refractivity contribution in [2.24, 2.45) is 0 Å². The minimum atomic E-state index is 0.536. The molecular formula is C23H23N3S. The Morgan fingerprint density at radius 2 is 1.89 bits per heavy atom. The lowest BCUT2D eigenvalue weighted by molar-refractivity contribution is 0.795. The fourth-order valence-electron chi connectivity index (χ4n) is 2.70. The van der Waals surface area contributed by atoms with Crippen LogP contribution >= 0.6 is 11.3 Å². The maximum absolute atomic E-state index is 9.52. The Morgan fingerprint density at radius 1 is 1.15 bits per heavy atom. The van der Waals surface area contributed by atoms with Crippen molar-refractivity contribution in [3.8, 4) is 17.3 Å². The summed E-state index contributed by atoms with van der Waals surface area (Å²) in [5.74, 6) is 0. The SMILES string of the molecule is CCCCc1ccc(NC=C(C#N)c2nc(-c3ccc(C)cc3)cs2)cc1. The number of unbranched alkanes of at least 4 members (excludes halogenated alkanes) is 1. The van der Waals surface area contributed by atoms with Gasteiger partial charge in [0.25, 0.3) is 0 Å². The van der Waals surface area contributed by atoms with Crippen LogP contribution in [0.15, 0.2) is 60.1 Å². The maximum Gasteiger partial charge on any atom is 0.136 e. The van der Waals surface area contributed by atoms with Gasteiger partial charge >= 0.3 is 0 Å². The standard InChI is InChI=1S/C23H23N3S/c1-3-4-5-18-8-12-21(13-9-18)25-15-20(14-24)23-26-22(16-27-23)19-10-6-17(2)7-11-19/h6-13,15-16,25H,3-5H2,1-2H3. The molecule has 3 rings (SSSR count). The summed E-state index contributed by atoms with van der Waals surface area (Å²) in [6.45, 7) is 4.27. The van der Waals surface area contributed by atoms with Crippen molar-refractivity contribution >= 4 is 22.6 Å². The van der Waals surface area contributed by atoms with Crippen molar-refractivity contribution in [2.45, 2.75) is 33.1 Å². The molecule has 0 fully saturated rings. The van der Waals surface area contributed by atoms with Gasteiger partial charge in [-0.05, 0) is 37.5 Å². The molecule has 0 bridgehead atoms. The van der Waals surface area contributed by atoms with Gasteiger partial charge in [0, 0.05) is 22.8 Å². The molecular weight excluding hydrogens is 350 g/mol. The lowest BCUT2D eigenvalue weighted by Gasteiger charge is -2.04. The Kier molecular flexibility index (Phi) is 6.40. The highest BCUT2D eigenvalue weighted by molar-refractivity contribution is 7.11. The van der Waals surface area contributed by atoms with Crippen LogP contribution in [0.5, 0.6) is 0 Å². The summed E-state index contributed by atoms with van der Waals surface area (Å²) >= 11 is 1.49. The number of allylic oxidation sites excluding steroid dienone is 1. The third kappa shape index (κ3) is 5.06. The lowest BCUT2D eigenvalue weighted by Crippen LogP contribution is -1.92. The molecule has 0 aliphatic carbocycles. The number of nitriles is 1. The molecule has 0 saturated carbocycles. The number of rotatable bonds is 7. The first-order valence-corrected chi connectivity index (χ1v) is 10.1. The summed E-state index contributed by atoms with van der Waals surface area (Å²) in [7, 11) is 0. The number of nitrogens with one attached hydrogen (secondary N) is 1. The fraction of sp³-hybridized carbons (Fsp3) is 0.217. The van der Waals surface area contributed by atoms with Crippen LogP contribution in [0.3, 0.4) is 0 Å². The number of aryl methyl sites for hydroxylation is 2. The van der Waals surface area contributed by atoms with Gasteiger partial charge in [-0.3, -0.25) is 0 Å². The van der Waals surface area contributed by atoms with Crippen LogP contribution < -0.4 is 5.32 Å². The number of hydrogen-bond donors (Lipinski definition) is 1. The maximum atomic E-state index is 9.52. The minimum Gasteiger partial charge on any atom is -0.360 e. The first kappa shape index (κ1) is 18.9. The van der Waals surface area contributed by atoms with Crippen molar-refractivity contribution < 1.29 is 0 Å². The molecule has 0 saturated heterocycles. The Hall–Kier alpha value is -2.90. The zero-order valence-electron chi connectivity index (χ0n) is 15.7. The molecule has 0 aliphatic heterocycles. The molecule has 0 amide bonds. The summed E-state index contributed by atoms with van der Waals surface area (Å²) in [5.41, 5.74) is 6.03. The molecule has 0 atom stereocenters. The minimum absolute atomic E-state index is 0.536. The lowest BCUT2D eigenvalue weighted by atomic mass is 10.1. The van der Waals surface area contributed by atoms with Crippen LogP contribution in [-0.2, 0) is 6.42 Å². The predicted octanol–water partition coefficient (Wildman–Crippen LogP) is 6.44. The van der Waals surface area contributed by atoms with E-state index >= 15 is 0 Å². The second kappa shape index (κ2) is 9.16. The molecule has 3 nitrogen and oxygen atoms in total. The van der Waals surface area contributed by atoms with Crippen molar-refractivity contribution in [3.63, 3.8) is 0 Å².